The number of benzene rings is 2. The quantitative estimate of drug-likeness (QED) is 0.411. The molecule has 1 aliphatic heterocycles. The van der Waals surface area contributed by atoms with Crippen LogP contribution in [0.25, 0.3) is 0 Å². The second-order valence-electron chi connectivity index (χ2n) is 7.44. The summed E-state index contributed by atoms with van der Waals surface area (Å²) >= 11 is 1.55. The normalized spacial score (nSPS) is 15.2. The summed E-state index contributed by atoms with van der Waals surface area (Å²) < 4.78 is 12.8. The van der Waals surface area contributed by atoms with Gasteiger partial charge in [0.2, 0.25) is 11.1 Å². The fraction of sp³-hybridized carbons (Fsp3) is 0.292. The molecule has 7 nitrogen and oxygen atoms in total. The third-order valence-electron chi connectivity index (χ3n) is 5.36. The lowest BCUT2D eigenvalue weighted by molar-refractivity contribution is -0.136. The molecule has 0 aliphatic carbocycles. The van der Waals surface area contributed by atoms with Crippen LogP contribution >= 0.6 is 11.8 Å². The number of hydrogen-bond donors (Lipinski definition) is 1. The van der Waals surface area contributed by atoms with E-state index in [1.165, 1.54) is 12.7 Å². The lowest BCUT2D eigenvalue weighted by Gasteiger charge is -2.27. The van der Waals surface area contributed by atoms with E-state index in [2.05, 4.69) is 41.4 Å². The number of ether oxygens (including phenoxy) is 2. The van der Waals surface area contributed by atoms with Crippen LogP contribution in [0.2, 0.25) is 0 Å². The molecule has 4 rings (SSSR count). The molecule has 0 saturated carbocycles. The number of anilines is 1. The highest BCUT2D eigenvalue weighted by Crippen LogP contribution is 2.37. The Kier molecular flexibility index (Phi) is 6.50. The second-order valence-corrected chi connectivity index (χ2v) is 8.67. The molecule has 2 heterocycles. The van der Waals surface area contributed by atoms with Crippen LogP contribution in [0.1, 0.15) is 36.6 Å². The number of methoxy groups -OCH3 is 1. The molecule has 1 atom stereocenters. The zero-order valence-electron chi connectivity index (χ0n) is 18.6. The first kappa shape index (κ1) is 22.0. The molecule has 0 spiro atoms. The molecule has 3 aromatic rings. The topological polar surface area (TPSA) is 78.3 Å². The number of aryl methyl sites for hydroxylation is 1. The predicted octanol–water partition coefficient (Wildman–Crippen LogP) is 4.74. The molecule has 0 bridgehead atoms. The van der Waals surface area contributed by atoms with Crippen LogP contribution in [0.5, 0.6) is 5.75 Å². The van der Waals surface area contributed by atoms with Crippen molar-refractivity contribution < 1.29 is 14.3 Å². The Bertz CT molecular complexity index is 1150. The maximum Gasteiger partial charge on any atom is 0.338 e. The average molecular weight is 451 g/mol. The van der Waals surface area contributed by atoms with E-state index >= 15 is 0 Å². The SMILES string of the molecule is CCSc1nc2n(n1)C(c1ccc(OCc3ccccc3C)cc1)C(C(=O)OC)=C(C)N2. The number of fused-ring (bicyclic) bond motifs is 1. The molecule has 1 unspecified atom stereocenters. The van der Waals surface area contributed by atoms with Gasteiger partial charge >= 0.3 is 5.97 Å². The van der Waals surface area contributed by atoms with E-state index in [0.29, 0.717) is 29.0 Å². The molecule has 2 aromatic carbocycles. The molecule has 166 valence electrons. The van der Waals surface area contributed by atoms with Gasteiger partial charge in [-0.05, 0) is 48.4 Å². The molecular formula is C24H26N4O3S. The zero-order chi connectivity index (χ0) is 22.7. The first-order valence-electron chi connectivity index (χ1n) is 10.4. The molecule has 1 aliphatic rings. The minimum absolute atomic E-state index is 0.397. The Labute approximate surface area is 191 Å². The Hall–Kier alpha value is -3.26. The van der Waals surface area contributed by atoms with Crippen molar-refractivity contribution in [1.82, 2.24) is 14.8 Å². The maximum absolute atomic E-state index is 12.7. The Morgan fingerprint density at radius 2 is 1.91 bits per heavy atom. The number of allylic oxidation sites excluding steroid dienone is 1. The molecule has 1 N–H and O–H groups in total. The van der Waals surface area contributed by atoms with E-state index in [1.807, 2.05) is 43.3 Å². The van der Waals surface area contributed by atoms with E-state index in [-0.39, 0.29) is 0 Å². The van der Waals surface area contributed by atoms with Gasteiger partial charge in [-0.3, -0.25) is 0 Å². The third-order valence-corrected chi connectivity index (χ3v) is 6.08. The summed E-state index contributed by atoms with van der Waals surface area (Å²) in [5, 5.41) is 8.49. The van der Waals surface area contributed by atoms with E-state index in [1.54, 1.807) is 16.4 Å². The number of esters is 1. The molecular weight excluding hydrogens is 424 g/mol. The van der Waals surface area contributed by atoms with Gasteiger partial charge in [0.15, 0.2) is 0 Å². The molecule has 8 heteroatoms. The summed E-state index contributed by atoms with van der Waals surface area (Å²) in [7, 11) is 1.39. The van der Waals surface area contributed by atoms with Gasteiger partial charge in [0.25, 0.3) is 0 Å². The zero-order valence-corrected chi connectivity index (χ0v) is 19.4. The predicted molar refractivity (Wildman–Crippen MR) is 125 cm³/mol. The van der Waals surface area contributed by atoms with E-state index in [9.17, 15) is 4.79 Å². The monoisotopic (exact) mass is 450 g/mol. The largest absolute Gasteiger partial charge is 0.489 e. The minimum Gasteiger partial charge on any atom is -0.489 e. The Balaban J connectivity index is 1.64. The molecule has 0 saturated heterocycles. The van der Waals surface area contributed by atoms with Gasteiger partial charge in [0.1, 0.15) is 18.4 Å². The summed E-state index contributed by atoms with van der Waals surface area (Å²) in [6.45, 7) is 6.47. The molecule has 0 fully saturated rings. The van der Waals surface area contributed by atoms with E-state index in [0.717, 1.165) is 22.6 Å². The van der Waals surface area contributed by atoms with Gasteiger partial charge in [-0.1, -0.05) is 55.1 Å². The maximum atomic E-state index is 12.7. The van der Waals surface area contributed by atoms with Crippen molar-refractivity contribution in [3.8, 4) is 5.75 Å². The number of nitrogens with zero attached hydrogens (tertiary/aromatic N) is 3. The van der Waals surface area contributed by atoms with E-state index < -0.39 is 12.0 Å². The smallest absolute Gasteiger partial charge is 0.338 e. The number of thioether (sulfide) groups is 1. The number of aromatic nitrogens is 3. The van der Waals surface area contributed by atoms with Crippen molar-refractivity contribution in [2.75, 3.05) is 18.2 Å². The number of rotatable bonds is 7. The van der Waals surface area contributed by atoms with Crippen LogP contribution in [-0.2, 0) is 16.1 Å². The molecule has 0 amide bonds. The van der Waals surface area contributed by atoms with Crippen LogP contribution in [0.15, 0.2) is 65.0 Å². The van der Waals surface area contributed by atoms with Crippen LogP contribution < -0.4 is 10.1 Å². The lowest BCUT2D eigenvalue weighted by atomic mass is 9.96. The second kappa shape index (κ2) is 9.48. The van der Waals surface area contributed by atoms with Gasteiger partial charge < -0.3 is 14.8 Å². The summed E-state index contributed by atoms with van der Waals surface area (Å²) in [5.41, 5.74) is 4.45. The van der Waals surface area contributed by atoms with Gasteiger partial charge in [-0.2, -0.15) is 4.98 Å². The number of carbonyl (C=O) groups is 1. The van der Waals surface area contributed by atoms with Crippen molar-refractivity contribution in [1.29, 1.82) is 0 Å². The highest BCUT2D eigenvalue weighted by atomic mass is 32.2. The average Bonchev–Trinajstić information content (AvgIpc) is 3.19. The van der Waals surface area contributed by atoms with Gasteiger partial charge in [-0.25, -0.2) is 9.48 Å². The van der Waals surface area contributed by atoms with Crippen molar-refractivity contribution in [2.24, 2.45) is 0 Å². The van der Waals surface area contributed by atoms with Crippen LogP contribution in [0, 0.1) is 6.92 Å². The summed E-state index contributed by atoms with van der Waals surface area (Å²) in [6, 6.07) is 15.5. The van der Waals surface area contributed by atoms with Crippen molar-refractivity contribution in [2.45, 2.75) is 38.6 Å². The number of hydrogen-bond acceptors (Lipinski definition) is 7. The van der Waals surface area contributed by atoms with Crippen molar-refractivity contribution >= 4 is 23.7 Å². The Morgan fingerprint density at radius 1 is 1.16 bits per heavy atom. The lowest BCUT2D eigenvalue weighted by Crippen LogP contribution is -2.29. The fourth-order valence-corrected chi connectivity index (χ4v) is 4.24. The van der Waals surface area contributed by atoms with Crippen molar-refractivity contribution in [3.05, 3.63) is 76.5 Å². The van der Waals surface area contributed by atoms with Crippen molar-refractivity contribution in [3.63, 3.8) is 0 Å². The van der Waals surface area contributed by atoms with Crippen LogP contribution in [-0.4, -0.2) is 33.6 Å². The Morgan fingerprint density at radius 3 is 2.59 bits per heavy atom. The first-order chi connectivity index (χ1) is 15.5. The molecule has 0 radical (unpaired) electrons. The van der Waals surface area contributed by atoms with Crippen LogP contribution in [0.3, 0.4) is 0 Å². The summed E-state index contributed by atoms with van der Waals surface area (Å²) in [5.74, 6) is 1.83. The van der Waals surface area contributed by atoms with Gasteiger partial charge in [-0.15, -0.1) is 5.10 Å². The number of carbonyl (C=O) groups excluding carboxylic acids is 1. The third kappa shape index (κ3) is 4.36. The standard InChI is InChI=1S/C24H26N4O3S/c1-5-32-24-26-23-25-16(3)20(22(29)30-4)21(28(23)27-24)17-10-12-19(13-11-17)31-14-18-9-7-6-8-15(18)2/h6-13,21H,5,14H2,1-4H3,(H,25,26,27). The van der Waals surface area contributed by atoms with Gasteiger partial charge in [0.05, 0.1) is 12.7 Å². The minimum atomic E-state index is -0.442. The van der Waals surface area contributed by atoms with Gasteiger partial charge in [0, 0.05) is 5.70 Å². The highest BCUT2D eigenvalue weighted by Gasteiger charge is 2.34. The first-order valence-corrected chi connectivity index (χ1v) is 11.4. The van der Waals surface area contributed by atoms with Crippen LogP contribution in [0.4, 0.5) is 5.95 Å². The fourth-order valence-electron chi connectivity index (χ4n) is 3.68. The summed E-state index contributed by atoms with van der Waals surface area (Å²) in [6.07, 6.45) is 0. The number of nitrogens with one attached hydrogen (secondary N) is 1. The molecule has 32 heavy (non-hydrogen) atoms. The summed E-state index contributed by atoms with van der Waals surface area (Å²) in [4.78, 5) is 17.2. The molecule has 1 aromatic heterocycles. The van der Waals surface area contributed by atoms with E-state index in [4.69, 9.17) is 9.47 Å². The highest BCUT2D eigenvalue weighted by molar-refractivity contribution is 7.99.